The van der Waals surface area contributed by atoms with E-state index in [2.05, 4.69) is 17.9 Å². The summed E-state index contributed by atoms with van der Waals surface area (Å²) in [5, 5.41) is 0. The van der Waals surface area contributed by atoms with Gasteiger partial charge in [-0.2, -0.15) is 0 Å². The maximum absolute atomic E-state index is 14.8. The Hall–Kier alpha value is -4.45. The average Bonchev–Trinajstić information content (AvgIpc) is 2.82. The molecule has 0 bridgehead atoms. The molecular formula is C26H19FO5. The van der Waals surface area contributed by atoms with Crippen molar-refractivity contribution in [3.63, 3.8) is 0 Å². The van der Waals surface area contributed by atoms with Crippen molar-refractivity contribution in [1.29, 1.82) is 0 Å². The van der Waals surface area contributed by atoms with Crippen molar-refractivity contribution in [3.05, 3.63) is 110 Å². The van der Waals surface area contributed by atoms with Gasteiger partial charge >= 0.3 is 11.9 Å². The molecule has 0 saturated heterocycles. The highest BCUT2D eigenvalue weighted by Crippen LogP contribution is 2.30. The molecule has 0 aliphatic heterocycles. The van der Waals surface area contributed by atoms with Crippen LogP contribution in [0.25, 0.3) is 22.3 Å². The summed E-state index contributed by atoms with van der Waals surface area (Å²) in [4.78, 5) is 22.2. The first-order valence-corrected chi connectivity index (χ1v) is 9.49. The van der Waals surface area contributed by atoms with Crippen molar-refractivity contribution in [2.75, 3.05) is 0 Å². The van der Waals surface area contributed by atoms with Gasteiger partial charge in [-0.15, -0.1) is 0 Å². The Bertz CT molecular complexity index is 1160. The Labute approximate surface area is 184 Å². The lowest BCUT2D eigenvalue weighted by Gasteiger charge is -2.09. The molecule has 0 aliphatic carbocycles. The van der Waals surface area contributed by atoms with Gasteiger partial charge < -0.3 is 14.2 Å². The lowest BCUT2D eigenvalue weighted by atomic mass is 9.99. The first kappa shape index (κ1) is 22.2. The lowest BCUT2D eigenvalue weighted by molar-refractivity contribution is -0.132. The molecule has 0 N–H and O–H groups in total. The summed E-state index contributed by atoms with van der Waals surface area (Å²) in [6.45, 7) is 6.63. The summed E-state index contributed by atoms with van der Waals surface area (Å²) >= 11 is 0. The molecule has 0 unspecified atom stereocenters. The standard InChI is InChI=1S/C26H19FO5/c1-3-25(28)31-16-15-30-21-10-5-18(6-11-21)20-9-14-23(24(27)17-20)19-7-12-22(13-8-19)32-26(29)4-2/h3-17H,1-2H2/b16-15-. The molecule has 0 heterocycles. The normalized spacial score (nSPS) is 10.4. The Morgan fingerprint density at radius 2 is 1.31 bits per heavy atom. The Morgan fingerprint density at radius 3 is 1.94 bits per heavy atom. The van der Waals surface area contributed by atoms with Crippen LogP contribution in [0.2, 0.25) is 0 Å². The van der Waals surface area contributed by atoms with Gasteiger partial charge in [0.15, 0.2) is 0 Å². The minimum Gasteiger partial charge on any atom is -0.462 e. The van der Waals surface area contributed by atoms with Crippen LogP contribution >= 0.6 is 0 Å². The number of rotatable bonds is 8. The number of hydrogen-bond acceptors (Lipinski definition) is 5. The first-order chi connectivity index (χ1) is 15.5. The second-order valence-corrected chi connectivity index (χ2v) is 6.40. The van der Waals surface area contributed by atoms with Crippen LogP contribution in [0.15, 0.2) is 105 Å². The molecule has 3 aromatic carbocycles. The van der Waals surface area contributed by atoms with Crippen molar-refractivity contribution >= 4 is 11.9 Å². The number of carbonyl (C=O) groups excluding carboxylic acids is 2. The molecule has 5 nitrogen and oxygen atoms in total. The van der Waals surface area contributed by atoms with Gasteiger partial charge in [-0.25, -0.2) is 14.0 Å². The van der Waals surface area contributed by atoms with Crippen molar-refractivity contribution in [2.24, 2.45) is 0 Å². The minimum atomic E-state index is -0.585. The van der Waals surface area contributed by atoms with Gasteiger partial charge in [0, 0.05) is 17.7 Å². The lowest BCUT2D eigenvalue weighted by Crippen LogP contribution is -2.02. The zero-order valence-electron chi connectivity index (χ0n) is 17.0. The van der Waals surface area contributed by atoms with Crippen LogP contribution in [0.4, 0.5) is 4.39 Å². The van der Waals surface area contributed by atoms with E-state index in [4.69, 9.17) is 9.47 Å². The Balaban J connectivity index is 1.69. The predicted octanol–water partition coefficient (Wildman–Crippen LogP) is 5.83. The quantitative estimate of drug-likeness (QED) is 0.195. The zero-order valence-corrected chi connectivity index (χ0v) is 17.0. The van der Waals surface area contributed by atoms with Gasteiger partial charge in [-0.05, 0) is 47.0 Å². The van der Waals surface area contributed by atoms with Crippen molar-refractivity contribution in [3.8, 4) is 33.8 Å². The maximum atomic E-state index is 14.8. The highest BCUT2D eigenvalue weighted by molar-refractivity contribution is 5.83. The third-order valence-electron chi connectivity index (χ3n) is 4.32. The predicted molar refractivity (Wildman–Crippen MR) is 119 cm³/mol. The molecular weight excluding hydrogens is 411 g/mol. The maximum Gasteiger partial charge on any atom is 0.335 e. The fourth-order valence-corrected chi connectivity index (χ4v) is 2.76. The van der Waals surface area contributed by atoms with E-state index < -0.39 is 11.9 Å². The molecule has 0 aromatic heterocycles. The highest BCUT2D eigenvalue weighted by atomic mass is 19.1. The summed E-state index contributed by atoms with van der Waals surface area (Å²) in [7, 11) is 0. The van der Waals surface area contributed by atoms with Crippen molar-refractivity contribution in [2.45, 2.75) is 0 Å². The van der Waals surface area contributed by atoms with Gasteiger partial charge in [0.25, 0.3) is 0 Å². The van der Waals surface area contributed by atoms with E-state index >= 15 is 0 Å². The summed E-state index contributed by atoms with van der Waals surface area (Å²) < 4.78 is 29.8. The monoisotopic (exact) mass is 430 g/mol. The number of ether oxygens (including phenoxy) is 3. The number of benzene rings is 3. The van der Waals surface area contributed by atoms with E-state index in [1.807, 2.05) is 6.07 Å². The molecule has 0 amide bonds. The largest absolute Gasteiger partial charge is 0.462 e. The van der Waals surface area contributed by atoms with Crippen LogP contribution < -0.4 is 9.47 Å². The number of esters is 2. The van der Waals surface area contributed by atoms with Crippen molar-refractivity contribution in [1.82, 2.24) is 0 Å². The van der Waals surface area contributed by atoms with Crippen LogP contribution in [0, 0.1) is 5.82 Å². The van der Waals surface area contributed by atoms with Gasteiger partial charge in [0.1, 0.15) is 29.8 Å². The van der Waals surface area contributed by atoms with E-state index in [9.17, 15) is 14.0 Å². The topological polar surface area (TPSA) is 61.8 Å². The third-order valence-corrected chi connectivity index (χ3v) is 4.32. The fraction of sp³-hybridized carbons (Fsp3) is 0. The van der Waals surface area contributed by atoms with E-state index in [1.54, 1.807) is 54.6 Å². The molecule has 0 fully saturated rings. The minimum absolute atomic E-state index is 0.353. The van der Waals surface area contributed by atoms with Gasteiger partial charge in [-0.1, -0.05) is 49.6 Å². The van der Waals surface area contributed by atoms with Gasteiger partial charge in [-0.3, -0.25) is 0 Å². The third kappa shape index (κ3) is 5.79. The smallest absolute Gasteiger partial charge is 0.335 e. The molecule has 0 aliphatic rings. The van der Waals surface area contributed by atoms with E-state index in [-0.39, 0.29) is 5.82 Å². The highest BCUT2D eigenvalue weighted by Gasteiger charge is 2.09. The fourth-order valence-electron chi connectivity index (χ4n) is 2.76. The van der Waals surface area contributed by atoms with Crippen LogP contribution in [-0.4, -0.2) is 11.9 Å². The number of halogens is 1. The molecule has 160 valence electrons. The van der Waals surface area contributed by atoms with E-state index in [0.717, 1.165) is 24.0 Å². The molecule has 6 heteroatoms. The molecule has 32 heavy (non-hydrogen) atoms. The van der Waals surface area contributed by atoms with Crippen LogP contribution in [0.3, 0.4) is 0 Å². The molecule has 3 aromatic rings. The zero-order chi connectivity index (χ0) is 22.9. The second kappa shape index (κ2) is 10.5. The molecule has 0 saturated carbocycles. The van der Waals surface area contributed by atoms with Crippen LogP contribution in [0.5, 0.6) is 11.5 Å². The second-order valence-electron chi connectivity index (χ2n) is 6.40. The molecule has 3 rings (SSSR count). The molecule has 0 spiro atoms. The Morgan fingerprint density at radius 1 is 0.719 bits per heavy atom. The van der Waals surface area contributed by atoms with Crippen LogP contribution in [-0.2, 0) is 14.3 Å². The van der Waals surface area contributed by atoms with Gasteiger partial charge in [0.2, 0.25) is 0 Å². The number of hydrogen-bond donors (Lipinski definition) is 0. The Kier molecular flexibility index (Phi) is 7.33. The molecule has 0 radical (unpaired) electrons. The summed E-state index contributed by atoms with van der Waals surface area (Å²) in [5.74, 6) is -0.652. The SMILES string of the molecule is C=CC(=O)O/C=C\Oc1ccc(-c2ccc(-c3ccc(OC(=O)C=C)cc3)c(F)c2)cc1. The summed E-state index contributed by atoms with van der Waals surface area (Å²) in [6.07, 6.45) is 4.46. The average molecular weight is 430 g/mol. The first-order valence-electron chi connectivity index (χ1n) is 9.49. The van der Waals surface area contributed by atoms with Gasteiger partial charge in [0.05, 0.1) is 0 Å². The molecule has 0 atom stereocenters. The van der Waals surface area contributed by atoms with Crippen LogP contribution in [0.1, 0.15) is 0 Å². The number of carbonyl (C=O) groups is 2. The summed E-state index contributed by atoms with van der Waals surface area (Å²) in [6, 6.07) is 18.5. The van der Waals surface area contributed by atoms with Crippen molar-refractivity contribution < 1.29 is 28.2 Å². The summed E-state index contributed by atoms with van der Waals surface area (Å²) in [5.41, 5.74) is 2.58. The van der Waals surface area contributed by atoms with E-state index in [0.29, 0.717) is 28.2 Å². The van der Waals surface area contributed by atoms with E-state index in [1.165, 1.54) is 12.3 Å².